The second-order valence-corrected chi connectivity index (χ2v) is 7.73. The van der Waals surface area contributed by atoms with Crippen molar-refractivity contribution in [2.75, 3.05) is 36.8 Å². The number of nitro groups is 1. The van der Waals surface area contributed by atoms with Gasteiger partial charge in [-0.05, 0) is 23.8 Å². The number of hydrazone groups is 1. The van der Waals surface area contributed by atoms with E-state index in [0.29, 0.717) is 41.3 Å². The highest BCUT2D eigenvalue weighted by Gasteiger charge is 2.15. The molecule has 36 heavy (non-hydrogen) atoms. The minimum Gasteiger partial charge on any atom is -0.496 e. The zero-order valence-electron chi connectivity index (χ0n) is 19.9. The van der Waals surface area contributed by atoms with E-state index in [9.17, 15) is 10.1 Å². The molecule has 0 atom stereocenters. The van der Waals surface area contributed by atoms with Crippen molar-refractivity contribution in [2.24, 2.45) is 5.10 Å². The van der Waals surface area contributed by atoms with E-state index in [-0.39, 0.29) is 11.6 Å². The van der Waals surface area contributed by atoms with Gasteiger partial charge in [0, 0.05) is 26.7 Å². The number of aromatic nitrogens is 3. The molecule has 4 rings (SSSR count). The molecule has 12 heteroatoms. The fourth-order valence-electron chi connectivity index (χ4n) is 3.19. The Morgan fingerprint density at radius 3 is 2.58 bits per heavy atom. The van der Waals surface area contributed by atoms with Gasteiger partial charge in [-0.15, -0.1) is 0 Å². The zero-order valence-corrected chi connectivity index (χ0v) is 19.9. The monoisotopic (exact) mass is 488 g/mol. The van der Waals surface area contributed by atoms with Crippen LogP contribution in [0.5, 0.6) is 5.75 Å². The molecule has 0 aliphatic carbocycles. The Kier molecular flexibility index (Phi) is 7.34. The summed E-state index contributed by atoms with van der Waals surface area (Å²) in [7, 11) is 5.11. The Labute approximate surface area is 206 Å². The first kappa shape index (κ1) is 24.1. The third-order valence-corrected chi connectivity index (χ3v) is 4.96. The second kappa shape index (κ2) is 11.0. The van der Waals surface area contributed by atoms with Gasteiger partial charge in [0.1, 0.15) is 17.3 Å². The molecule has 0 radical (unpaired) electrons. The summed E-state index contributed by atoms with van der Waals surface area (Å²) in [5, 5.41) is 18.4. The minimum absolute atomic E-state index is 0.0692. The molecular formula is C24H24N8O4. The summed E-state index contributed by atoms with van der Waals surface area (Å²) in [6, 6.07) is 17.7. The Balaban J connectivity index is 1.47. The third-order valence-electron chi connectivity index (χ3n) is 4.96. The largest absolute Gasteiger partial charge is 0.496 e. The van der Waals surface area contributed by atoms with Crippen LogP contribution in [0, 0.1) is 10.1 Å². The molecule has 0 bridgehead atoms. The Bertz CT molecular complexity index is 1370. The standard InChI is InChI=1S/C24H24N8O4/c1-31(2)24-28-22(25-14-16-7-5-4-6-8-16)27-23(29-24)30-26-15-18-10-12-20(36-18)19-11-9-17(32(33)34)13-21(19)35-3/h4-13,15H,14H2,1-3H3,(H2,25,27,28,29,30)/b26-15-. The average Bonchev–Trinajstić information content (AvgIpc) is 3.36. The molecule has 0 saturated heterocycles. The van der Waals surface area contributed by atoms with Gasteiger partial charge in [-0.1, -0.05) is 30.3 Å². The second-order valence-electron chi connectivity index (χ2n) is 7.73. The van der Waals surface area contributed by atoms with Crippen LogP contribution < -0.4 is 20.4 Å². The van der Waals surface area contributed by atoms with E-state index in [0.717, 1.165) is 5.56 Å². The highest BCUT2D eigenvalue weighted by molar-refractivity contribution is 5.79. The lowest BCUT2D eigenvalue weighted by Gasteiger charge is -2.13. The zero-order chi connectivity index (χ0) is 25.5. The van der Waals surface area contributed by atoms with Crippen molar-refractivity contribution < 1.29 is 14.1 Å². The molecule has 0 fully saturated rings. The first-order chi connectivity index (χ1) is 17.4. The fourth-order valence-corrected chi connectivity index (χ4v) is 3.19. The number of benzene rings is 2. The van der Waals surface area contributed by atoms with Crippen LogP contribution in [-0.2, 0) is 6.54 Å². The van der Waals surface area contributed by atoms with E-state index >= 15 is 0 Å². The van der Waals surface area contributed by atoms with E-state index < -0.39 is 4.92 Å². The average molecular weight is 489 g/mol. The summed E-state index contributed by atoms with van der Waals surface area (Å²) >= 11 is 0. The van der Waals surface area contributed by atoms with Gasteiger partial charge < -0.3 is 19.4 Å². The summed E-state index contributed by atoms with van der Waals surface area (Å²) in [4.78, 5) is 25.4. The van der Waals surface area contributed by atoms with E-state index in [1.54, 1.807) is 23.1 Å². The number of nitro benzene ring substituents is 1. The summed E-state index contributed by atoms with van der Waals surface area (Å²) in [5.41, 5.74) is 4.40. The van der Waals surface area contributed by atoms with E-state index in [2.05, 4.69) is 30.8 Å². The van der Waals surface area contributed by atoms with E-state index in [4.69, 9.17) is 9.15 Å². The van der Waals surface area contributed by atoms with E-state index in [1.165, 1.54) is 25.5 Å². The molecule has 0 aliphatic rings. The summed E-state index contributed by atoms with van der Waals surface area (Å²) in [6.45, 7) is 0.557. The molecule has 2 aromatic carbocycles. The normalized spacial score (nSPS) is 10.9. The smallest absolute Gasteiger partial charge is 0.273 e. The van der Waals surface area contributed by atoms with Crippen LogP contribution in [0.2, 0.25) is 0 Å². The topological polar surface area (TPSA) is 144 Å². The highest BCUT2D eigenvalue weighted by Crippen LogP contribution is 2.34. The van der Waals surface area contributed by atoms with Crippen LogP contribution in [0.25, 0.3) is 11.3 Å². The predicted molar refractivity (Wildman–Crippen MR) is 136 cm³/mol. The van der Waals surface area contributed by atoms with Crippen molar-refractivity contribution in [3.8, 4) is 17.1 Å². The number of non-ortho nitro benzene ring substituents is 1. The van der Waals surface area contributed by atoms with E-state index in [1.807, 2.05) is 44.4 Å². The molecule has 0 amide bonds. The Hall–Kier alpha value is -5.00. The molecule has 2 aromatic heterocycles. The molecule has 0 unspecified atom stereocenters. The maximum Gasteiger partial charge on any atom is 0.273 e. The summed E-state index contributed by atoms with van der Waals surface area (Å²) in [5.74, 6) is 2.37. The number of rotatable bonds is 10. The molecular weight excluding hydrogens is 464 g/mol. The van der Waals surface area contributed by atoms with Gasteiger partial charge in [0.2, 0.25) is 17.8 Å². The minimum atomic E-state index is -0.482. The Morgan fingerprint density at radius 2 is 1.86 bits per heavy atom. The quantitative estimate of drug-likeness (QED) is 0.189. The van der Waals surface area contributed by atoms with Gasteiger partial charge in [0.15, 0.2) is 0 Å². The van der Waals surface area contributed by atoms with Crippen LogP contribution in [0.3, 0.4) is 0 Å². The lowest BCUT2D eigenvalue weighted by Crippen LogP contribution is -2.16. The van der Waals surface area contributed by atoms with Gasteiger partial charge >= 0.3 is 0 Å². The SMILES string of the molecule is COc1cc([N+](=O)[O-])ccc1-c1ccc(/C=N\Nc2nc(NCc3ccccc3)nc(N(C)C)n2)o1. The lowest BCUT2D eigenvalue weighted by atomic mass is 10.1. The van der Waals surface area contributed by atoms with Crippen LogP contribution in [0.4, 0.5) is 23.5 Å². The number of ether oxygens (including phenoxy) is 1. The van der Waals surface area contributed by atoms with Crippen LogP contribution in [-0.4, -0.2) is 47.3 Å². The fraction of sp³-hybridized carbons (Fsp3) is 0.167. The lowest BCUT2D eigenvalue weighted by molar-refractivity contribution is -0.384. The number of hydrogen-bond donors (Lipinski definition) is 2. The van der Waals surface area contributed by atoms with Crippen molar-refractivity contribution in [1.82, 2.24) is 15.0 Å². The number of hydrogen-bond acceptors (Lipinski definition) is 11. The number of anilines is 3. The van der Waals surface area contributed by atoms with Gasteiger partial charge in [-0.25, -0.2) is 5.43 Å². The summed E-state index contributed by atoms with van der Waals surface area (Å²) in [6.07, 6.45) is 1.47. The van der Waals surface area contributed by atoms with Crippen LogP contribution in [0.1, 0.15) is 11.3 Å². The van der Waals surface area contributed by atoms with Crippen LogP contribution >= 0.6 is 0 Å². The molecule has 2 heterocycles. The molecule has 0 saturated carbocycles. The van der Waals surface area contributed by atoms with Gasteiger partial charge in [-0.2, -0.15) is 20.1 Å². The molecule has 2 N–H and O–H groups in total. The third kappa shape index (κ3) is 5.91. The van der Waals surface area contributed by atoms with Gasteiger partial charge in [0.25, 0.3) is 5.69 Å². The number of nitrogens with zero attached hydrogens (tertiary/aromatic N) is 6. The first-order valence-electron chi connectivity index (χ1n) is 10.9. The molecule has 184 valence electrons. The van der Waals surface area contributed by atoms with Crippen molar-refractivity contribution in [3.05, 3.63) is 82.1 Å². The number of nitrogens with one attached hydrogen (secondary N) is 2. The number of methoxy groups -OCH3 is 1. The van der Waals surface area contributed by atoms with Crippen LogP contribution in [0.15, 0.2) is 70.2 Å². The van der Waals surface area contributed by atoms with Gasteiger partial charge in [-0.3, -0.25) is 10.1 Å². The van der Waals surface area contributed by atoms with Crippen molar-refractivity contribution in [3.63, 3.8) is 0 Å². The van der Waals surface area contributed by atoms with Gasteiger partial charge in [0.05, 0.1) is 29.9 Å². The van der Waals surface area contributed by atoms with Crippen molar-refractivity contribution >= 4 is 29.7 Å². The molecule has 0 aliphatic heterocycles. The predicted octanol–water partition coefficient (Wildman–Crippen LogP) is 4.17. The highest BCUT2D eigenvalue weighted by atomic mass is 16.6. The molecule has 0 spiro atoms. The van der Waals surface area contributed by atoms with Crippen molar-refractivity contribution in [2.45, 2.75) is 6.54 Å². The molecule has 12 nitrogen and oxygen atoms in total. The molecule has 4 aromatic rings. The maximum absolute atomic E-state index is 11.0. The number of furan rings is 1. The Morgan fingerprint density at radius 1 is 1.08 bits per heavy atom. The first-order valence-corrected chi connectivity index (χ1v) is 10.9. The summed E-state index contributed by atoms with van der Waals surface area (Å²) < 4.78 is 11.1. The maximum atomic E-state index is 11.0. The van der Waals surface area contributed by atoms with Crippen molar-refractivity contribution in [1.29, 1.82) is 0 Å².